The largest absolute Gasteiger partial charge is 1.00 e. The van der Waals surface area contributed by atoms with E-state index in [1.54, 1.807) is 0 Å². The Labute approximate surface area is 80.5 Å². The predicted octanol–water partition coefficient (Wildman–Crippen LogP) is -5.11. The van der Waals surface area contributed by atoms with Gasteiger partial charge in [0.15, 0.2) is 0 Å². The topological polar surface area (TPSA) is 9.23 Å². The molecule has 0 radical (unpaired) electrons. The van der Waals surface area contributed by atoms with Gasteiger partial charge in [-0.25, -0.2) is 0 Å². The van der Waals surface area contributed by atoms with E-state index >= 15 is 0 Å². The minimum atomic E-state index is 0. The molecule has 0 aliphatic carbocycles. The molecule has 0 heterocycles. The van der Waals surface area contributed by atoms with Gasteiger partial charge < -0.3 is 34.0 Å². The van der Waals surface area contributed by atoms with Crippen molar-refractivity contribution in [2.24, 2.45) is 0 Å². The van der Waals surface area contributed by atoms with Crippen molar-refractivity contribution in [3.05, 3.63) is 0 Å². The van der Waals surface area contributed by atoms with Crippen LogP contribution in [0, 0.1) is 0 Å². The zero-order valence-corrected chi connectivity index (χ0v) is 9.19. The van der Waals surface area contributed by atoms with E-state index in [9.17, 15) is 0 Å². The molecular formula is C4H9AlBr2O. The van der Waals surface area contributed by atoms with Crippen LogP contribution in [0.4, 0.5) is 0 Å². The van der Waals surface area contributed by atoms with E-state index in [0.717, 1.165) is 6.61 Å². The van der Waals surface area contributed by atoms with E-state index in [-0.39, 0.29) is 34.0 Å². The zero-order valence-electron chi connectivity index (χ0n) is 4.86. The number of rotatable bonds is 3. The van der Waals surface area contributed by atoms with Gasteiger partial charge in [-0.1, -0.05) is 0 Å². The maximum absolute atomic E-state index is 4.70. The zero-order chi connectivity index (χ0) is 4.83. The Balaban J connectivity index is -0.000000125. The van der Waals surface area contributed by atoms with E-state index < -0.39 is 0 Å². The van der Waals surface area contributed by atoms with Gasteiger partial charge in [0, 0.05) is 0 Å². The van der Waals surface area contributed by atoms with Crippen LogP contribution in [0.5, 0.6) is 0 Å². The van der Waals surface area contributed by atoms with Gasteiger partial charge in [-0.05, 0) is 0 Å². The van der Waals surface area contributed by atoms with Crippen LogP contribution in [-0.4, -0.2) is 23.2 Å². The number of halogens is 2. The third-order valence-corrected chi connectivity index (χ3v) is 0.851. The maximum Gasteiger partial charge on any atom is -1.00 e. The fourth-order valence-electron chi connectivity index (χ4n) is 0.228. The summed E-state index contributed by atoms with van der Waals surface area (Å²) in [5.74, 6) is 0. The van der Waals surface area contributed by atoms with Crippen LogP contribution < -0.4 is 34.0 Å². The van der Waals surface area contributed by atoms with E-state index in [0.29, 0.717) is 0 Å². The SMILES string of the molecule is CCCC[O][Al+2].[Br-].[Br-]. The molecule has 0 atom stereocenters. The molecule has 0 aromatic heterocycles. The van der Waals surface area contributed by atoms with Crippen LogP contribution in [-0.2, 0) is 3.79 Å². The molecule has 0 spiro atoms. The summed E-state index contributed by atoms with van der Waals surface area (Å²) in [5, 5.41) is 0. The van der Waals surface area contributed by atoms with Crippen LogP contribution in [0.2, 0.25) is 0 Å². The summed E-state index contributed by atoms with van der Waals surface area (Å²) in [4.78, 5) is 0. The van der Waals surface area contributed by atoms with Crippen LogP contribution >= 0.6 is 0 Å². The predicted molar refractivity (Wildman–Crippen MR) is 26.6 cm³/mol. The molecule has 4 heteroatoms. The first kappa shape index (κ1) is 16.2. The van der Waals surface area contributed by atoms with Gasteiger partial charge in [0.1, 0.15) is 0 Å². The first-order valence-electron chi connectivity index (χ1n) is 2.23. The second-order valence-electron chi connectivity index (χ2n) is 1.22. The van der Waals surface area contributed by atoms with Crippen LogP contribution in [0.25, 0.3) is 0 Å². The molecule has 0 amide bonds. The molecule has 8 heavy (non-hydrogen) atoms. The van der Waals surface area contributed by atoms with E-state index in [4.69, 9.17) is 3.79 Å². The fraction of sp³-hybridized carbons (Fsp3) is 1.00. The summed E-state index contributed by atoms with van der Waals surface area (Å²) in [5.41, 5.74) is 0. The van der Waals surface area contributed by atoms with E-state index in [1.807, 2.05) is 0 Å². The molecule has 0 aliphatic rings. The molecule has 0 N–H and O–H groups in total. The van der Waals surface area contributed by atoms with Crippen molar-refractivity contribution in [2.75, 3.05) is 6.61 Å². The van der Waals surface area contributed by atoms with Crippen LogP contribution in [0.1, 0.15) is 19.8 Å². The fourth-order valence-corrected chi connectivity index (χ4v) is 0.394. The Hall–Kier alpha value is 1.45. The molecule has 1 nitrogen and oxygen atoms in total. The number of hydrogen-bond donors (Lipinski definition) is 0. The maximum atomic E-state index is 4.70. The molecule has 0 unspecified atom stereocenters. The molecule has 0 aliphatic heterocycles. The Kier molecular flexibility index (Phi) is 32.0. The van der Waals surface area contributed by atoms with Gasteiger partial charge in [-0.2, -0.15) is 0 Å². The normalized spacial score (nSPS) is 6.88. The third-order valence-electron chi connectivity index (χ3n) is 0.616. The molecule has 0 fully saturated rings. The third kappa shape index (κ3) is 15.7. The smallest absolute Gasteiger partial charge is 1.00 e. The van der Waals surface area contributed by atoms with E-state index in [2.05, 4.69) is 23.5 Å². The quantitative estimate of drug-likeness (QED) is 0.364. The van der Waals surface area contributed by atoms with Crippen LogP contribution in [0.3, 0.4) is 0 Å². The summed E-state index contributed by atoms with van der Waals surface area (Å²) < 4.78 is 4.70. The second kappa shape index (κ2) is 15.8. The van der Waals surface area contributed by atoms with Crippen molar-refractivity contribution in [1.82, 2.24) is 0 Å². The minimum absolute atomic E-state index is 0. The second-order valence-corrected chi connectivity index (χ2v) is 1.56. The van der Waals surface area contributed by atoms with Gasteiger partial charge >= 0.3 is 46.8 Å². The summed E-state index contributed by atoms with van der Waals surface area (Å²) in [6, 6.07) is 0. The summed E-state index contributed by atoms with van der Waals surface area (Å²) in [6.45, 7) is 3.02. The number of hydrogen-bond acceptors (Lipinski definition) is 1. The monoisotopic (exact) mass is 258 g/mol. The first-order chi connectivity index (χ1) is 2.91. The molecule has 48 valence electrons. The summed E-state index contributed by atoms with van der Waals surface area (Å²) >= 11 is 2.23. The molecule has 0 saturated heterocycles. The van der Waals surface area contributed by atoms with Gasteiger partial charge in [0.25, 0.3) is 0 Å². The van der Waals surface area contributed by atoms with Gasteiger partial charge in [0.2, 0.25) is 0 Å². The number of unbranched alkanes of at least 4 members (excludes halogenated alkanes) is 1. The Bertz CT molecular complexity index is 26.0. The first-order valence-corrected chi connectivity index (χ1v) is 2.70. The van der Waals surface area contributed by atoms with Crippen molar-refractivity contribution in [3.8, 4) is 0 Å². The average molecular weight is 260 g/mol. The Morgan fingerprint density at radius 1 is 1.38 bits per heavy atom. The van der Waals surface area contributed by atoms with Crippen molar-refractivity contribution in [3.63, 3.8) is 0 Å². The van der Waals surface area contributed by atoms with Crippen molar-refractivity contribution >= 4 is 16.6 Å². The molecule has 0 aromatic rings. The molecule has 0 rings (SSSR count). The molecule has 0 aromatic carbocycles. The molecule has 0 bridgehead atoms. The minimum Gasteiger partial charge on any atom is -1.00 e. The standard InChI is InChI=1S/C4H9O.Al.2BrH/c1-2-3-4-5;;;/h2-4H2,1H3;;2*1H/q-1;+3;;/p-2. The van der Waals surface area contributed by atoms with Gasteiger partial charge in [-0.15, -0.1) is 0 Å². The Morgan fingerprint density at radius 2 is 1.88 bits per heavy atom. The molecular weight excluding hydrogens is 251 g/mol. The van der Waals surface area contributed by atoms with Crippen molar-refractivity contribution < 1.29 is 37.8 Å². The van der Waals surface area contributed by atoms with Crippen LogP contribution in [0.15, 0.2) is 0 Å². The summed E-state index contributed by atoms with van der Waals surface area (Å²) in [6.07, 6.45) is 2.39. The van der Waals surface area contributed by atoms with E-state index in [1.165, 1.54) is 12.8 Å². The average Bonchev–Trinajstić information content (AvgIpc) is 1.61. The van der Waals surface area contributed by atoms with Gasteiger partial charge in [-0.3, -0.25) is 0 Å². The van der Waals surface area contributed by atoms with Crippen molar-refractivity contribution in [1.29, 1.82) is 0 Å². The van der Waals surface area contributed by atoms with Crippen molar-refractivity contribution in [2.45, 2.75) is 19.8 Å². The van der Waals surface area contributed by atoms with Gasteiger partial charge in [0.05, 0.1) is 0 Å². The molecule has 0 saturated carbocycles. The summed E-state index contributed by atoms with van der Waals surface area (Å²) in [7, 11) is 0. The Morgan fingerprint density at radius 3 is 2.00 bits per heavy atom.